The lowest BCUT2D eigenvalue weighted by atomic mass is 9.97. The van der Waals surface area contributed by atoms with Crippen molar-refractivity contribution in [1.82, 2.24) is 0 Å². The minimum absolute atomic E-state index is 0.0893. The Labute approximate surface area is 78.8 Å². The third-order valence-electron chi connectivity index (χ3n) is 2.48. The van der Waals surface area contributed by atoms with E-state index in [9.17, 15) is 4.39 Å². The summed E-state index contributed by atoms with van der Waals surface area (Å²) < 4.78 is 13.6. The predicted octanol–water partition coefficient (Wildman–Crippen LogP) is 2.25. The van der Waals surface area contributed by atoms with E-state index in [-0.39, 0.29) is 5.82 Å². The third kappa shape index (κ3) is 1.89. The van der Waals surface area contributed by atoms with Gasteiger partial charge in [0, 0.05) is 0 Å². The molecule has 1 rings (SSSR count). The minimum atomic E-state index is -0.0893. The molecule has 0 fully saturated rings. The fourth-order valence-electron chi connectivity index (χ4n) is 1.58. The van der Waals surface area contributed by atoms with Gasteiger partial charge < -0.3 is 5.73 Å². The summed E-state index contributed by atoms with van der Waals surface area (Å²) in [5.74, 6) is -0.0893. The number of hydrogen-bond acceptors (Lipinski definition) is 1. The molecule has 1 aromatic carbocycles. The molecular weight excluding hydrogens is 165 g/mol. The van der Waals surface area contributed by atoms with Crippen LogP contribution >= 0.6 is 0 Å². The van der Waals surface area contributed by atoms with E-state index in [1.165, 1.54) is 0 Å². The van der Waals surface area contributed by atoms with E-state index in [2.05, 4.69) is 0 Å². The molecular formula is C11H16FN. The molecule has 13 heavy (non-hydrogen) atoms. The monoisotopic (exact) mass is 181 g/mol. The fraction of sp³-hybridized carbons (Fsp3) is 0.455. The molecule has 2 heteroatoms. The quantitative estimate of drug-likeness (QED) is 0.744. The van der Waals surface area contributed by atoms with Crippen molar-refractivity contribution in [1.29, 1.82) is 0 Å². The van der Waals surface area contributed by atoms with Crippen LogP contribution in [0.1, 0.15) is 22.3 Å². The van der Waals surface area contributed by atoms with E-state index in [4.69, 9.17) is 5.73 Å². The Morgan fingerprint density at radius 1 is 1.23 bits per heavy atom. The molecule has 0 aromatic heterocycles. The predicted molar refractivity (Wildman–Crippen MR) is 53.4 cm³/mol. The normalized spacial score (nSPS) is 10.5. The lowest BCUT2D eigenvalue weighted by molar-refractivity contribution is 0.597. The molecule has 0 amide bonds. The van der Waals surface area contributed by atoms with Gasteiger partial charge in [-0.2, -0.15) is 0 Å². The van der Waals surface area contributed by atoms with Crippen molar-refractivity contribution in [3.63, 3.8) is 0 Å². The number of halogens is 1. The molecule has 0 aliphatic carbocycles. The lowest BCUT2D eigenvalue weighted by Gasteiger charge is -2.11. The van der Waals surface area contributed by atoms with Crippen LogP contribution in [-0.4, -0.2) is 6.54 Å². The highest BCUT2D eigenvalue weighted by Crippen LogP contribution is 2.20. The van der Waals surface area contributed by atoms with Gasteiger partial charge in [0.1, 0.15) is 5.82 Å². The fourth-order valence-corrected chi connectivity index (χ4v) is 1.58. The number of benzene rings is 1. The number of rotatable bonds is 2. The molecule has 0 spiro atoms. The molecule has 0 aliphatic heterocycles. The summed E-state index contributed by atoms with van der Waals surface area (Å²) in [5, 5.41) is 0. The molecule has 1 aromatic rings. The highest BCUT2D eigenvalue weighted by Gasteiger charge is 2.09. The van der Waals surface area contributed by atoms with Crippen molar-refractivity contribution in [3.05, 3.63) is 34.1 Å². The van der Waals surface area contributed by atoms with Crippen LogP contribution in [0.15, 0.2) is 6.07 Å². The van der Waals surface area contributed by atoms with Crippen LogP contribution < -0.4 is 5.73 Å². The highest BCUT2D eigenvalue weighted by atomic mass is 19.1. The van der Waals surface area contributed by atoms with Crippen molar-refractivity contribution in [2.75, 3.05) is 6.54 Å². The molecule has 72 valence electrons. The molecule has 1 nitrogen and oxygen atoms in total. The zero-order valence-electron chi connectivity index (χ0n) is 8.45. The zero-order chi connectivity index (χ0) is 10.0. The van der Waals surface area contributed by atoms with E-state index in [1.807, 2.05) is 19.9 Å². The minimum Gasteiger partial charge on any atom is -0.330 e. The van der Waals surface area contributed by atoms with Crippen LogP contribution in [0.4, 0.5) is 4.39 Å². The standard InChI is InChI=1S/C11H16FN/c1-7-6-8(2)11(12)10(4-5-13)9(7)3/h6H,4-5,13H2,1-3H3. The molecule has 0 unspecified atom stereocenters. The highest BCUT2D eigenvalue weighted by molar-refractivity contribution is 5.38. The van der Waals surface area contributed by atoms with E-state index in [0.717, 1.165) is 16.7 Å². The summed E-state index contributed by atoms with van der Waals surface area (Å²) in [6.45, 7) is 6.24. The van der Waals surface area contributed by atoms with E-state index < -0.39 is 0 Å². The molecule has 2 N–H and O–H groups in total. The van der Waals surface area contributed by atoms with Crippen molar-refractivity contribution in [2.45, 2.75) is 27.2 Å². The van der Waals surface area contributed by atoms with Gasteiger partial charge in [-0.1, -0.05) is 6.07 Å². The van der Waals surface area contributed by atoms with Crippen LogP contribution in [0, 0.1) is 26.6 Å². The van der Waals surface area contributed by atoms with Crippen molar-refractivity contribution < 1.29 is 4.39 Å². The van der Waals surface area contributed by atoms with Gasteiger partial charge in [0.15, 0.2) is 0 Å². The second-order valence-electron chi connectivity index (χ2n) is 3.47. The number of aryl methyl sites for hydroxylation is 2. The summed E-state index contributed by atoms with van der Waals surface area (Å²) in [7, 11) is 0. The molecule has 0 aliphatic rings. The SMILES string of the molecule is Cc1cc(C)c(F)c(CCN)c1C. The molecule has 0 atom stereocenters. The first-order valence-electron chi connectivity index (χ1n) is 4.53. The smallest absolute Gasteiger partial charge is 0.129 e. The topological polar surface area (TPSA) is 26.0 Å². The second-order valence-corrected chi connectivity index (χ2v) is 3.47. The molecule has 0 saturated heterocycles. The largest absolute Gasteiger partial charge is 0.330 e. The van der Waals surface area contributed by atoms with Crippen LogP contribution in [0.5, 0.6) is 0 Å². The lowest BCUT2D eigenvalue weighted by Crippen LogP contribution is -2.08. The molecule has 0 bridgehead atoms. The third-order valence-corrected chi connectivity index (χ3v) is 2.48. The van der Waals surface area contributed by atoms with Gasteiger partial charge in [-0.05, 0) is 56.0 Å². The van der Waals surface area contributed by atoms with Gasteiger partial charge in [-0.25, -0.2) is 4.39 Å². The van der Waals surface area contributed by atoms with E-state index in [1.54, 1.807) is 6.92 Å². The van der Waals surface area contributed by atoms with Crippen LogP contribution in [0.3, 0.4) is 0 Å². The first kappa shape index (κ1) is 10.2. The number of nitrogens with two attached hydrogens (primary N) is 1. The average molecular weight is 181 g/mol. The Hall–Kier alpha value is -0.890. The van der Waals surface area contributed by atoms with Crippen molar-refractivity contribution >= 4 is 0 Å². The summed E-state index contributed by atoms with van der Waals surface area (Å²) >= 11 is 0. The summed E-state index contributed by atoms with van der Waals surface area (Å²) in [5.41, 5.74) is 9.10. The van der Waals surface area contributed by atoms with Gasteiger partial charge >= 0.3 is 0 Å². The molecule has 0 radical (unpaired) electrons. The Balaban J connectivity index is 3.28. The Bertz CT molecular complexity index is 292. The van der Waals surface area contributed by atoms with Gasteiger partial charge in [-0.3, -0.25) is 0 Å². The zero-order valence-corrected chi connectivity index (χ0v) is 8.45. The van der Waals surface area contributed by atoms with Crippen LogP contribution in [0.25, 0.3) is 0 Å². The maximum absolute atomic E-state index is 13.6. The van der Waals surface area contributed by atoms with Crippen LogP contribution in [-0.2, 0) is 6.42 Å². The molecule has 0 heterocycles. The summed E-state index contributed by atoms with van der Waals surface area (Å²) in [6.07, 6.45) is 0.625. The van der Waals surface area contributed by atoms with Crippen molar-refractivity contribution in [2.24, 2.45) is 5.73 Å². The Morgan fingerprint density at radius 2 is 1.85 bits per heavy atom. The molecule has 0 saturated carbocycles. The second kappa shape index (κ2) is 3.88. The average Bonchev–Trinajstić information content (AvgIpc) is 2.09. The maximum Gasteiger partial charge on any atom is 0.129 e. The first-order chi connectivity index (χ1) is 6.07. The Morgan fingerprint density at radius 3 is 2.38 bits per heavy atom. The van der Waals surface area contributed by atoms with Gasteiger partial charge in [-0.15, -0.1) is 0 Å². The van der Waals surface area contributed by atoms with E-state index >= 15 is 0 Å². The Kier molecular flexibility index (Phi) is 3.04. The van der Waals surface area contributed by atoms with Crippen LogP contribution in [0.2, 0.25) is 0 Å². The van der Waals surface area contributed by atoms with E-state index in [0.29, 0.717) is 18.5 Å². The summed E-state index contributed by atoms with van der Waals surface area (Å²) in [4.78, 5) is 0. The first-order valence-corrected chi connectivity index (χ1v) is 4.53. The summed E-state index contributed by atoms with van der Waals surface area (Å²) in [6, 6.07) is 1.88. The van der Waals surface area contributed by atoms with Gasteiger partial charge in [0.25, 0.3) is 0 Å². The number of hydrogen-bond donors (Lipinski definition) is 1. The maximum atomic E-state index is 13.6. The van der Waals surface area contributed by atoms with Crippen molar-refractivity contribution in [3.8, 4) is 0 Å². The van der Waals surface area contributed by atoms with Gasteiger partial charge in [0.05, 0.1) is 0 Å². The van der Waals surface area contributed by atoms with Gasteiger partial charge in [0.2, 0.25) is 0 Å².